The van der Waals surface area contributed by atoms with Gasteiger partial charge in [-0.15, -0.1) is 0 Å². The van der Waals surface area contributed by atoms with Crippen molar-refractivity contribution in [1.82, 2.24) is 0 Å². The Morgan fingerprint density at radius 2 is 1.48 bits per heavy atom. The largest absolute Gasteiger partial charge is 0.459 e. The van der Waals surface area contributed by atoms with Crippen molar-refractivity contribution in [1.29, 1.82) is 0 Å². The first-order valence-electron chi connectivity index (χ1n) is 9.42. The minimum atomic E-state index is -0.863. The summed E-state index contributed by atoms with van der Waals surface area (Å²) in [6.07, 6.45) is -2.81. The predicted molar refractivity (Wildman–Crippen MR) is 101 cm³/mol. The maximum absolute atomic E-state index is 12.6. The highest BCUT2D eigenvalue weighted by atomic mass is 16.8. The van der Waals surface area contributed by atoms with Crippen LogP contribution in [0.3, 0.4) is 0 Å². The molecule has 2 fully saturated rings. The van der Waals surface area contributed by atoms with Crippen molar-refractivity contribution < 1.29 is 33.3 Å². The summed E-state index contributed by atoms with van der Waals surface area (Å²) >= 11 is 0. The molecule has 152 valence electrons. The number of hydrogen-bond acceptors (Lipinski definition) is 7. The van der Waals surface area contributed by atoms with Gasteiger partial charge in [0.1, 0.15) is 12.7 Å². The van der Waals surface area contributed by atoms with E-state index in [4.69, 9.17) is 23.7 Å². The molecule has 4 rings (SSSR count). The number of ether oxygens (including phenoxy) is 5. The molecule has 0 saturated carbocycles. The molecule has 7 heteroatoms. The molecule has 0 amide bonds. The van der Waals surface area contributed by atoms with Gasteiger partial charge >= 0.3 is 11.9 Å². The zero-order valence-corrected chi connectivity index (χ0v) is 16.1. The molecule has 0 aliphatic carbocycles. The molecule has 2 aromatic carbocycles. The van der Waals surface area contributed by atoms with E-state index in [1.54, 1.807) is 62.4 Å². The summed E-state index contributed by atoms with van der Waals surface area (Å²) in [5, 5.41) is 0. The van der Waals surface area contributed by atoms with Gasteiger partial charge in [0.05, 0.1) is 11.1 Å². The third kappa shape index (κ3) is 4.32. The van der Waals surface area contributed by atoms with Crippen molar-refractivity contribution in [3.63, 3.8) is 0 Å². The normalized spacial score (nSPS) is 27.2. The SMILES string of the molecule is CC1(C)O[C@H]2O[C@H](COC(=O)c3ccccc3)[C@@H](OC(=O)c3ccccc3)[C@H]2O1. The lowest BCUT2D eigenvalue weighted by Gasteiger charge is -2.25. The van der Waals surface area contributed by atoms with Gasteiger partial charge < -0.3 is 23.7 Å². The van der Waals surface area contributed by atoms with Gasteiger partial charge in [-0.25, -0.2) is 9.59 Å². The number of hydrogen-bond donors (Lipinski definition) is 0. The lowest BCUT2D eigenvalue weighted by molar-refractivity contribution is -0.218. The van der Waals surface area contributed by atoms with Gasteiger partial charge in [-0.2, -0.15) is 0 Å². The van der Waals surface area contributed by atoms with Gasteiger partial charge in [-0.1, -0.05) is 36.4 Å². The van der Waals surface area contributed by atoms with Gasteiger partial charge in [0, 0.05) is 0 Å². The number of benzene rings is 2. The van der Waals surface area contributed by atoms with Crippen LogP contribution in [0.1, 0.15) is 34.6 Å². The molecule has 2 heterocycles. The van der Waals surface area contributed by atoms with Crippen molar-refractivity contribution in [3.8, 4) is 0 Å². The second-order valence-electron chi connectivity index (χ2n) is 7.34. The highest BCUT2D eigenvalue weighted by molar-refractivity contribution is 5.90. The van der Waals surface area contributed by atoms with Crippen LogP contribution in [-0.2, 0) is 23.7 Å². The fourth-order valence-corrected chi connectivity index (χ4v) is 3.40. The molecule has 2 aliphatic heterocycles. The van der Waals surface area contributed by atoms with Crippen LogP contribution in [0.25, 0.3) is 0 Å². The minimum Gasteiger partial charge on any atom is -0.459 e. The highest BCUT2D eigenvalue weighted by Crippen LogP contribution is 2.39. The van der Waals surface area contributed by atoms with Crippen LogP contribution < -0.4 is 0 Å². The van der Waals surface area contributed by atoms with Gasteiger partial charge in [0.25, 0.3) is 0 Å². The summed E-state index contributed by atoms with van der Waals surface area (Å²) in [5.74, 6) is -1.85. The molecule has 2 aliphatic rings. The molecule has 2 aromatic rings. The van der Waals surface area contributed by atoms with Crippen molar-refractivity contribution in [3.05, 3.63) is 71.8 Å². The van der Waals surface area contributed by atoms with E-state index in [-0.39, 0.29) is 6.61 Å². The second kappa shape index (κ2) is 7.94. The van der Waals surface area contributed by atoms with Gasteiger partial charge in [0.15, 0.2) is 24.3 Å². The molecule has 7 nitrogen and oxygen atoms in total. The molecule has 29 heavy (non-hydrogen) atoms. The summed E-state index contributed by atoms with van der Waals surface area (Å²) < 4.78 is 28.5. The zero-order chi connectivity index (χ0) is 20.4. The van der Waals surface area contributed by atoms with Gasteiger partial charge in [-0.05, 0) is 38.1 Å². The Kier molecular flexibility index (Phi) is 5.36. The Morgan fingerprint density at radius 1 is 0.897 bits per heavy atom. The summed E-state index contributed by atoms with van der Waals surface area (Å²) in [6, 6.07) is 17.3. The molecular formula is C22H22O7. The maximum Gasteiger partial charge on any atom is 0.338 e. The smallest absolute Gasteiger partial charge is 0.338 e. The molecule has 0 bridgehead atoms. The van der Waals surface area contributed by atoms with Crippen LogP contribution in [0.4, 0.5) is 0 Å². The Morgan fingerprint density at radius 3 is 2.10 bits per heavy atom. The molecule has 4 atom stereocenters. The van der Waals surface area contributed by atoms with E-state index < -0.39 is 42.3 Å². The van der Waals surface area contributed by atoms with Crippen LogP contribution in [0.2, 0.25) is 0 Å². The third-order valence-corrected chi connectivity index (χ3v) is 4.73. The van der Waals surface area contributed by atoms with Crippen LogP contribution >= 0.6 is 0 Å². The van der Waals surface area contributed by atoms with Crippen LogP contribution in [0.15, 0.2) is 60.7 Å². The number of carbonyl (C=O) groups excluding carboxylic acids is 2. The fourth-order valence-electron chi connectivity index (χ4n) is 3.40. The lowest BCUT2D eigenvalue weighted by atomic mass is 10.1. The van der Waals surface area contributed by atoms with E-state index in [1.807, 2.05) is 12.1 Å². The van der Waals surface area contributed by atoms with Crippen LogP contribution in [0.5, 0.6) is 0 Å². The first-order chi connectivity index (χ1) is 13.9. The minimum absolute atomic E-state index is 0.0966. The second-order valence-corrected chi connectivity index (χ2v) is 7.34. The average molecular weight is 398 g/mol. The Labute approximate surface area is 168 Å². The van der Waals surface area contributed by atoms with E-state index in [0.717, 1.165) is 0 Å². The van der Waals surface area contributed by atoms with E-state index in [0.29, 0.717) is 11.1 Å². The monoisotopic (exact) mass is 398 g/mol. The van der Waals surface area contributed by atoms with E-state index in [1.165, 1.54) is 0 Å². The van der Waals surface area contributed by atoms with Crippen LogP contribution in [-0.4, -0.2) is 48.9 Å². The topological polar surface area (TPSA) is 80.3 Å². The Hall–Kier alpha value is -2.74. The summed E-state index contributed by atoms with van der Waals surface area (Å²) in [4.78, 5) is 24.8. The molecule has 0 N–H and O–H groups in total. The van der Waals surface area contributed by atoms with E-state index in [2.05, 4.69) is 0 Å². The lowest BCUT2D eigenvalue weighted by Crippen LogP contribution is -2.40. The predicted octanol–water partition coefficient (Wildman–Crippen LogP) is 2.95. The van der Waals surface area contributed by atoms with Crippen molar-refractivity contribution in [2.75, 3.05) is 6.61 Å². The summed E-state index contributed by atoms with van der Waals surface area (Å²) in [6.45, 7) is 3.42. The molecule has 0 unspecified atom stereocenters. The fraction of sp³-hybridized carbons (Fsp3) is 0.364. The quantitative estimate of drug-likeness (QED) is 0.717. The number of fused-ring (bicyclic) bond motifs is 1. The zero-order valence-electron chi connectivity index (χ0n) is 16.1. The summed E-state index contributed by atoms with van der Waals surface area (Å²) in [7, 11) is 0. The Balaban J connectivity index is 1.46. The summed E-state index contributed by atoms with van der Waals surface area (Å²) in [5.41, 5.74) is 0.839. The average Bonchev–Trinajstić information content (AvgIpc) is 3.19. The molecule has 0 radical (unpaired) electrons. The van der Waals surface area contributed by atoms with E-state index in [9.17, 15) is 9.59 Å². The first kappa shape index (κ1) is 19.6. The molecule has 0 aromatic heterocycles. The first-order valence-corrected chi connectivity index (χ1v) is 9.42. The third-order valence-electron chi connectivity index (χ3n) is 4.73. The number of carbonyl (C=O) groups is 2. The number of rotatable bonds is 5. The highest BCUT2D eigenvalue weighted by Gasteiger charge is 2.56. The van der Waals surface area contributed by atoms with Crippen molar-refractivity contribution in [2.45, 2.75) is 44.2 Å². The van der Waals surface area contributed by atoms with Crippen molar-refractivity contribution in [2.24, 2.45) is 0 Å². The number of esters is 2. The van der Waals surface area contributed by atoms with E-state index >= 15 is 0 Å². The Bertz CT molecular complexity index is 865. The van der Waals surface area contributed by atoms with Gasteiger partial charge in [-0.3, -0.25) is 0 Å². The molecular weight excluding hydrogens is 376 g/mol. The van der Waals surface area contributed by atoms with Gasteiger partial charge in [0.2, 0.25) is 0 Å². The maximum atomic E-state index is 12.6. The molecule has 2 saturated heterocycles. The van der Waals surface area contributed by atoms with Crippen LogP contribution in [0, 0.1) is 0 Å². The molecule has 0 spiro atoms. The standard InChI is InChI=1S/C22H22O7/c1-22(2)28-18-17(27-20(24)15-11-7-4-8-12-15)16(26-21(18)29-22)13-25-19(23)14-9-5-3-6-10-14/h3-12,16-18,21H,13H2,1-2H3/t16-,17-,18-,21-/m1/s1. The van der Waals surface area contributed by atoms with Crippen molar-refractivity contribution >= 4 is 11.9 Å².